The molecule has 0 unspecified atom stereocenters. The van der Waals surface area contributed by atoms with Crippen LogP contribution in [0.3, 0.4) is 0 Å². The predicted octanol–water partition coefficient (Wildman–Crippen LogP) is 1.66. The Balaban J connectivity index is 1.93. The smallest absolute Gasteiger partial charge is 0.225 e. The molecule has 1 aliphatic carbocycles. The number of hydrogen-bond acceptors (Lipinski definition) is 3. The van der Waals surface area contributed by atoms with Gasteiger partial charge >= 0.3 is 0 Å². The molecule has 0 radical (unpaired) electrons. The minimum Gasteiger partial charge on any atom is -0.330 e. The van der Waals surface area contributed by atoms with Gasteiger partial charge in [0.15, 0.2) is 0 Å². The van der Waals surface area contributed by atoms with Crippen LogP contribution >= 0.6 is 0 Å². The molecule has 0 bridgehead atoms. The summed E-state index contributed by atoms with van der Waals surface area (Å²) in [6.45, 7) is 0.605. The van der Waals surface area contributed by atoms with Crippen molar-refractivity contribution in [1.29, 1.82) is 0 Å². The normalized spacial score (nSPS) is 18.6. The third-order valence-electron chi connectivity index (χ3n) is 3.87. The Kier molecular flexibility index (Phi) is 4.01. The summed E-state index contributed by atoms with van der Waals surface area (Å²) < 4.78 is 1.68. The highest BCUT2D eigenvalue weighted by atomic mass is 16.1. The van der Waals surface area contributed by atoms with Gasteiger partial charge in [-0.1, -0.05) is 19.3 Å². The fourth-order valence-corrected chi connectivity index (χ4v) is 2.79. The van der Waals surface area contributed by atoms with E-state index in [1.54, 1.807) is 17.1 Å². The van der Waals surface area contributed by atoms with E-state index in [1.807, 2.05) is 7.05 Å². The molecule has 100 valence electrons. The van der Waals surface area contributed by atoms with Gasteiger partial charge in [0.2, 0.25) is 5.91 Å². The van der Waals surface area contributed by atoms with Gasteiger partial charge in [0.1, 0.15) is 0 Å². The molecule has 1 aromatic heterocycles. The predicted molar refractivity (Wildman–Crippen MR) is 71.0 cm³/mol. The van der Waals surface area contributed by atoms with Crippen LogP contribution < -0.4 is 11.1 Å². The van der Waals surface area contributed by atoms with Gasteiger partial charge in [-0.3, -0.25) is 9.48 Å². The minimum atomic E-state index is 0.0184. The summed E-state index contributed by atoms with van der Waals surface area (Å²) in [6.07, 6.45) is 9.79. The van der Waals surface area contributed by atoms with Crippen molar-refractivity contribution in [3.63, 3.8) is 0 Å². The van der Waals surface area contributed by atoms with Crippen LogP contribution in [-0.2, 0) is 11.8 Å². The highest BCUT2D eigenvalue weighted by Crippen LogP contribution is 2.38. The lowest BCUT2D eigenvalue weighted by Crippen LogP contribution is -2.36. The van der Waals surface area contributed by atoms with Crippen molar-refractivity contribution in [2.45, 2.75) is 38.5 Å². The summed E-state index contributed by atoms with van der Waals surface area (Å²) in [5.41, 5.74) is 6.66. The molecule has 5 nitrogen and oxygen atoms in total. The van der Waals surface area contributed by atoms with Gasteiger partial charge < -0.3 is 11.1 Å². The second-order valence-corrected chi connectivity index (χ2v) is 5.39. The molecule has 18 heavy (non-hydrogen) atoms. The average Bonchev–Trinajstić information content (AvgIpc) is 2.75. The molecule has 1 aromatic rings. The van der Waals surface area contributed by atoms with Gasteiger partial charge in [0.05, 0.1) is 11.9 Å². The Morgan fingerprint density at radius 3 is 2.78 bits per heavy atom. The Morgan fingerprint density at radius 2 is 2.22 bits per heavy atom. The first-order valence-electron chi connectivity index (χ1n) is 6.62. The Labute approximate surface area is 108 Å². The van der Waals surface area contributed by atoms with E-state index < -0.39 is 0 Å². The molecule has 0 aromatic carbocycles. The zero-order valence-corrected chi connectivity index (χ0v) is 11.0. The van der Waals surface area contributed by atoms with E-state index in [1.165, 1.54) is 19.3 Å². The maximum atomic E-state index is 12.1. The number of anilines is 1. The van der Waals surface area contributed by atoms with E-state index in [-0.39, 0.29) is 11.3 Å². The van der Waals surface area contributed by atoms with Gasteiger partial charge in [0.25, 0.3) is 0 Å². The molecule has 3 N–H and O–H groups in total. The van der Waals surface area contributed by atoms with Crippen molar-refractivity contribution < 1.29 is 4.79 Å². The van der Waals surface area contributed by atoms with Crippen molar-refractivity contribution in [3.8, 4) is 0 Å². The molecule has 1 fully saturated rings. The van der Waals surface area contributed by atoms with E-state index in [2.05, 4.69) is 10.4 Å². The van der Waals surface area contributed by atoms with Crippen LogP contribution in [0, 0.1) is 5.41 Å². The SMILES string of the molecule is Cn1cc(NC(=O)CC2(CN)CCCCC2)cn1. The zero-order valence-electron chi connectivity index (χ0n) is 11.0. The van der Waals surface area contributed by atoms with Crippen LogP contribution in [0.15, 0.2) is 12.4 Å². The summed E-state index contributed by atoms with van der Waals surface area (Å²) in [6, 6.07) is 0. The van der Waals surface area contributed by atoms with Crippen LogP contribution in [0.1, 0.15) is 38.5 Å². The number of rotatable bonds is 4. The monoisotopic (exact) mass is 250 g/mol. The first kappa shape index (κ1) is 13.1. The number of nitrogens with one attached hydrogen (secondary N) is 1. The van der Waals surface area contributed by atoms with Gasteiger partial charge in [0, 0.05) is 19.7 Å². The van der Waals surface area contributed by atoms with E-state index in [4.69, 9.17) is 5.73 Å². The van der Waals surface area contributed by atoms with Crippen LogP contribution in [0.2, 0.25) is 0 Å². The van der Waals surface area contributed by atoms with E-state index in [0.29, 0.717) is 13.0 Å². The minimum absolute atomic E-state index is 0.0184. The highest BCUT2D eigenvalue weighted by molar-refractivity contribution is 5.90. The fraction of sp³-hybridized carbons (Fsp3) is 0.692. The van der Waals surface area contributed by atoms with Crippen molar-refractivity contribution in [2.24, 2.45) is 18.2 Å². The number of carbonyl (C=O) groups is 1. The number of amides is 1. The molecule has 0 saturated heterocycles. The Bertz CT molecular complexity index is 407. The van der Waals surface area contributed by atoms with Crippen LogP contribution in [0.5, 0.6) is 0 Å². The zero-order chi connectivity index (χ0) is 13.0. The molecule has 1 amide bonds. The number of hydrogen-bond donors (Lipinski definition) is 2. The van der Waals surface area contributed by atoms with E-state index in [9.17, 15) is 4.79 Å². The molecule has 2 rings (SSSR count). The molecule has 5 heteroatoms. The Hall–Kier alpha value is -1.36. The standard InChI is InChI=1S/C13H22N4O/c1-17-9-11(8-15-17)16-12(18)7-13(10-14)5-3-2-4-6-13/h8-9H,2-7,10,14H2,1H3,(H,16,18). The number of carbonyl (C=O) groups excluding carboxylic acids is 1. The molecule has 1 saturated carbocycles. The third-order valence-corrected chi connectivity index (χ3v) is 3.87. The maximum absolute atomic E-state index is 12.1. The maximum Gasteiger partial charge on any atom is 0.225 e. The van der Waals surface area contributed by atoms with Crippen molar-refractivity contribution in [1.82, 2.24) is 9.78 Å². The molecular weight excluding hydrogens is 228 g/mol. The average molecular weight is 250 g/mol. The summed E-state index contributed by atoms with van der Waals surface area (Å²) in [5, 5.41) is 6.92. The molecular formula is C13H22N4O. The molecule has 0 atom stereocenters. The highest BCUT2D eigenvalue weighted by Gasteiger charge is 2.32. The number of nitrogens with zero attached hydrogens (tertiary/aromatic N) is 2. The van der Waals surface area contributed by atoms with E-state index in [0.717, 1.165) is 18.5 Å². The molecule has 0 aliphatic heterocycles. The van der Waals surface area contributed by atoms with E-state index >= 15 is 0 Å². The number of aromatic nitrogens is 2. The first-order valence-corrected chi connectivity index (χ1v) is 6.62. The van der Waals surface area contributed by atoms with Crippen molar-refractivity contribution >= 4 is 11.6 Å². The molecule has 1 heterocycles. The second-order valence-electron chi connectivity index (χ2n) is 5.39. The van der Waals surface area contributed by atoms with Gasteiger partial charge in [-0.2, -0.15) is 5.10 Å². The lowest BCUT2D eigenvalue weighted by atomic mass is 9.71. The Morgan fingerprint density at radius 1 is 1.50 bits per heavy atom. The van der Waals surface area contributed by atoms with Crippen LogP contribution in [0.4, 0.5) is 5.69 Å². The topological polar surface area (TPSA) is 72.9 Å². The first-order chi connectivity index (χ1) is 8.63. The number of aryl methyl sites for hydroxylation is 1. The van der Waals surface area contributed by atoms with Gasteiger partial charge in [-0.05, 0) is 24.8 Å². The lowest BCUT2D eigenvalue weighted by Gasteiger charge is -2.35. The van der Waals surface area contributed by atoms with Gasteiger partial charge in [-0.15, -0.1) is 0 Å². The largest absolute Gasteiger partial charge is 0.330 e. The third kappa shape index (κ3) is 3.10. The van der Waals surface area contributed by atoms with Crippen LogP contribution in [-0.4, -0.2) is 22.2 Å². The summed E-state index contributed by atoms with van der Waals surface area (Å²) in [4.78, 5) is 12.1. The second kappa shape index (κ2) is 5.52. The summed E-state index contributed by atoms with van der Waals surface area (Å²) in [5.74, 6) is 0.0513. The summed E-state index contributed by atoms with van der Waals surface area (Å²) in [7, 11) is 1.83. The van der Waals surface area contributed by atoms with Crippen LogP contribution in [0.25, 0.3) is 0 Å². The molecule has 0 spiro atoms. The fourth-order valence-electron chi connectivity index (χ4n) is 2.79. The number of nitrogens with two attached hydrogens (primary N) is 1. The summed E-state index contributed by atoms with van der Waals surface area (Å²) >= 11 is 0. The van der Waals surface area contributed by atoms with Crippen molar-refractivity contribution in [2.75, 3.05) is 11.9 Å². The van der Waals surface area contributed by atoms with Gasteiger partial charge in [-0.25, -0.2) is 0 Å². The molecule has 1 aliphatic rings. The van der Waals surface area contributed by atoms with Crippen molar-refractivity contribution in [3.05, 3.63) is 12.4 Å². The lowest BCUT2D eigenvalue weighted by molar-refractivity contribution is -0.118. The quantitative estimate of drug-likeness (QED) is 0.853.